The fraction of sp³-hybridized carbons (Fsp3) is 0.200. The number of Topliss-reactive ketones (excluding diaryl/α,β-unsaturated/α-hetero) is 1. The van der Waals surface area contributed by atoms with Gasteiger partial charge < -0.3 is 18.9 Å². The Balaban J connectivity index is 1.95. The molecule has 7 heteroatoms. The number of carbonyl (C=O) groups is 2. The van der Waals surface area contributed by atoms with Crippen LogP contribution in [-0.4, -0.2) is 39.7 Å². The first-order chi connectivity index (χ1) is 13.0. The first-order valence-corrected chi connectivity index (χ1v) is 7.92. The van der Waals surface area contributed by atoms with Crippen LogP contribution in [0, 0.1) is 5.82 Å². The maximum atomic E-state index is 13.6. The largest absolute Gasteiger partial charge is 0.494 e. The molecule has 0 spiro atoms. The van der Waals surface area contributed by atoms with Gasteiger partial charge in [-0.25, -0.2) is 9.18 Å². The second-order valence-corrected chi connectivity index (χ2v) is 5.33. The van der Waals surface area contributed by atoms with Crippen LogP contribution in [0.1, 0.15) is 15.9 Å². The van der Waals surface area contributed by atoms with E-state index in [9.17, 15) is 14.0 Å². The van der Waals surface area contributed by atoms with Crippen LogP contribution >= 0.6 is 0 Å². The highest BCUT2D eigenvalue weighted by molar-refractivity contribution is 5.99. The highest BCUT2D eigenvalue weighted by Crippen LogP contribution is 2.27. The Hall–Kier alpha value is -3.35. The first-order valence-electron chi connectivity index (χ1n) is 7.92. The number of hydrogen-bond acceptors (Lipinski definition) is 6. The Bertz CT molecular complexity index is 860. The van der Waals surface area contributed by atoms with Crippen LogP contribution in [0.15, 0.2) is 42.5 Å². The second kappa shape index (κ2) is 9.38. The van der Waals surface area contributed by atoms with E-state index in [2.05, 4.69) is 0 Å². The molecule has 0 aliphatic carbocycles. The van der Waals surface area contributed by atoms with Crippen molar-refractivity contribution in [2.75, 3.05) is 27.9 Å². The summed E-state index contributed by atoms with van der Waals surface area (Å²) in [6, 6.07) is 8.89. The van der Waals surface area contributed by atoms with Crippen molar-refractivity contribution in [3.05, 3.63) is 59.4 Å². The van der Waals surface area contributed by atoms with E-state index < -0.39 is 24.2 Å². The lowest BCUT2D eigenvalue weighted by atomic mass is 10.1. The normalized spacial score (nSPS) is 10.5. The molecule has 2 rings (SSSR count). The highest BCUT2D eigenvalue weighted by atomic mass is 19.1. The van der Waals surface area contributed by atoms with E-state index in [4.69, 9.17) is 18.9 Å². The van der Waals surface area contributed by atoms with Crippen LogP contribution in [0.2, 0.25) is 0 Å². The van der Waals surface area contributed by atoms with Crippen LogP contribution in [0.3, 0.4) is 0 Å². The zero-order valence-corrected chi connectivity index (χ0v) is 15.2. The molecule has 0 aliphatic rings. The van der Waals surface area contributed by atoms with Gasteiger partial charge in [-0.1, -0.05) is 6.07 Å². The number of hydrogen-bond donors (Lipinski definition) is 0. The lowest BCUT2D eigenvalue weighted by Gasteiger charge is -2.09. The summed E-state index contributed by atoms with van der Waals surface area (Å²) in [6.07, 6.45) is 2.49. The maximum Gasteiger partial charge on any atom is 0.331 e. The van der Waals surface area contributed by atoms with Gasteiger partial charge in [0, 0.05) is 11.6 Å². The molecule has 2 aromatic carbocycles. The minimum atomic E-state index is -0.722. The number of carbonyl (C=O) groups excluding carboxylic acids is 2. The molecule has 0 saturated carbocycles. The molecule has 142 valence electrons. The van der Waals surface area contributed by atoms with Crippen molar-refractivity contribution >= 4 is 17.8 Å². The monoisotopic (exact) mass is 374 g/mol. The fourth-order valence-corrected chi connectivity index (χ4v) is 2.23. The molecule has 0 N–H and O–H groups in total. The predicted octanol–water partition coefficient (Wildman–Crippen LogP) is 3.29. The summed E-state index contributed by atoms with van der Waals surface area (Å²) in [5, 5.41) is 0. The molecule has 0 radical (unpaired) electrons. The SMILES string of the molecule is COc1ccc(/C=C/C(=O)OCC(=O)c2ccc(OC)c(OC)c2)cc1F. The lowest BCUT2D eigenvalue weighted by molar-refractivity contribution is -0.136. The van der Waals surface area contributed by atoms with Gasteiger partial charge in [0.15, 0.2) is 35.5 Å². The summed E-state index contributed by atoms with van der Waals surface area (Å²) in [6.45, 7) is -0.435. The maximum absolute atomic E-state index is 13.6. The average molecular weight is 374 g/mol. The van der Waals surface area contributed by atoms with E-state index >= 15 is 0 Å². The van der Waals surface area contributed by atoms with E-state index in [0.29, 0.717) is 22.6 Å². The molecule has 0 amide bonds. The standard InChI is InChI=1S/C20H19FO6/c1-24-17-7-4-13(10-15(17)21)5-9-20(23)27-12-16(22)14-6-8-18(25-2)19(11-14)26-3/h4-11H,12H2,1-3H3/b9-5+. The average Bonchev–Trinajstić information content (AvgIpc) is 2.69. The van der Waals surface area contributed by atoms with Gasteiger partial charge >= 0.3 is 5.97 Å². The second-order valence-electron chi connectivity index (χ2n) is 5.33. The molecule has 0 aromatic heterocycles. The predicted molar refractivity (Wildman–Crippen MR) is 96.8 cm³/mol. The molecule has 6 nitrogen and oxygen atoms in total. The third-order valence-electron chi connectivity index (χ3n) is 3.64. The quantitative estimate of drug-likeness (QED) is 0.401. The summed E-state index contributed by atoms with van der Waals surface area (Å²) in [4.78, 5) is 23.9. The van der Waals surface area contributed by atoms with Crippen molar-refractivity contribution in [1.82, 2.24) is 0 Å². The molecular weight excluding hydrogens is 355 g/mol. The van der Waals surface area contributed by atoms with Crippen LogP contribution < -0.4 is 14.2 Å². The summed E-state index contributed by atoms with van der Waals surface area (Å²) >= 11 is 0. The van der Waals surface area contributed by atoms with Crippen molar-refractivity contribution in [3.8, 4) is 17.2 Å². The van der Waals surface area contributed by atoms with Crippen LogP contribution in [0.5, 0.6) is 17.2 Å². The smallest absolute Gasteiger partial charge is 0.331 e. The van der Waals surface area contributed by atoms with Gasteiger partial charge in [0.25, 0.3) is 0 Å². The zero-order chi connectivity index (χ0) is 19.8. The van der Waals surface area contributed by atoms with Crippen molar-refractivity contribution < 1.29 is 32.9 Å². The van der Waals surface area contributed by atoms with Gasteiger partial charge in [0.05, 0.1) is 21.3 Å². The molecule has 2 aromatic rings. The van der Waals surface area contributed by atoms with Crippen LogP contribution in [0.25, 0.3) is 6.08 Å². The summed E-state index contributed by atoms with van der Waals surface area (Å²) in [7, 11) is 4.31. The minimum Gasteiger partial charge on any atom is -0.494 e. The van der Waals surface area contributed by atoms with Crippen molar-refractivity contribution in [2.45, 2.75) is 0 Å². The van der Waals surface area contributed by atoms with E-state index in [-0.39, 0.29) is 5.75 Å². The van der Waals surface area contributed by atoms with Gasteiger partial charge in [-0.3, -0.25) is 4.79 Å². The summed E-state index contributed by atoms with van der Waals surface area (Å²) in [5.74, 6) is -0.669. The molecule has 27 heavy (non-hydrogen) atoms. The van der Waals surface area contributed by atoms with E-state index in [0.717, 1.165) is 6.08 Å². The highest BCUT2D eigenvalue weighted by Gasteiger charge is 2.12. The lowest BCUT2D eigenvalue weighted by Crippen LogP contribution is -2.12. The van der Waals surface area contributed by atoms with E-state index in [1.165, 1.54) is 45.6 Å². The Kier molecular flexibility index (Phi) is 6.93. The van der Waals surface area contributed by atoms with Crippen molar-refractivity contribution in [1.29, 1.82) is 0 Å². The number of halogens is 1. The fourth-order valence-electron chi connectivity index (χ4n) is 2.23. The molecular formula is C20H19FO6. The Morgan fingerprint density at radius 2 is 1.59 bits per heavy atom. The van der Waals surface area contributed by atoms with Gasteiger partial charge in [-0.15, -0.1) is 0 Å². The number of esters is 1. The van der Waals surface area contributed by atoms with Crippen LogP contribution in [0.4, 0.5) is 4.39 Å². The first kappa shape index (κ1) is 20.0. The zero-order valence-electron chi connectivity index (χ0n) is 15.2. The molecule has 0 atom stereocenters. The van der Waals surface area contributed by atoms with Gasteiger partial charge in [0.2, 0.25) is 0 Å². The van der Waals surface area contributed by atoms with Crippen molar-refractivity contribution in [3.63, 3.8) is 0 Å². The third-order valence-corrected chi connectivity index (χ3v) is 3.64. The minimum absolute atomic E-state index is 0.107. The Morgan fingerprint density at radius 1 is 0.926 bits per heavy atom. The number of methoxy groups -OCH3 is 3. The summed E-state index contributed by atoms with van der Waals surface area (Å²) in [5.41, 5.74) is 0.776. The third kappa shape index (κ3) is 5.31. The number of ketones is 1. The Morgan fingerprint density at radius 3 is 2.22 bits per heavy atom. The van der Waals surface area contributed by atoms with Gasteiger partial charge in [-0.2, -0.15) is 0 Å². The number of benzene rings is 2. The Labute approximate surface area is 156 Å². The van der Waals surface area contributed by atoms with Gasteiger partial charge in [0.1, 0.15) is 0 Å². The molecule has 0 fully saturated rings. The van der Waals surface area contributed by atoms with Crippen LogP contribution in [-0.2, 0) is 9.53 Å². The molecule has 0 heterocycles. The summed E-state index contributed by atoms with van der Waals surface area (Å²) < 4.78 is 33.6. The van der Waals surface area contributed by atoms with Gasteiger partial charge in [-0.05, 0) is 42.0 Å². The topological polar surface area (TPSA) is 71.1 Å². The molecule has 0 bridgehead atoms. The van der Waals surface area contributed by atoms with E-state index in [1.54, 1.807) is 18.2 Å². The molecule has 0 aliphatic heterocycles. The number of ether oxygens (including phenoxy) is 4. The molecule has 0 saturated heterocycles. The number of rotatable bonds is 8. The van der Waals surface area contributed by atoms with E-state index in [1.807, 2.05) is 0 Å². The van der Waals surface area contributed by atoms with Crippen molar-refractivity contribution in [2.24, 2.45) is 0 Å². The molecule has 0 unspecified atom stereocenters.